The standard InChI is InChI=1S/C21H41N5O/c1-6-11-21(2)12-8-15-26(17-21)20(22-3)23-13-9-16-25-14-7-10-18(25)19(27)24(4)5/h18H,6-17H2,1-5H3,(H,22,23). The summed E-state index contributed by atoms with van der Waals surface area (Å²) in [5.74, 6) is 1.29. The van der Waals surface area contributed by atoms with E-state index in [0.717, 1.165) is 57.9 Å². The fraction of sp³-hybridized carbons (Fsp3) is 0.905. The second kappa shape index (κ2) is 10.3. The molecule has 2 heterocycles. The average molecular weight is 380 g/mol. The SMILES string of the molecule is CCCC1(C)CCCN(C(=NC)NCCCN2CCCC2C(=O)N(C)C)C1. The van der Waals surface area contributed by atoms with Crippen LogP contribution in [0.3, 0.4) is 0 Å². The Kier molecular flexibility index (Phi) is 8.39. The van der Waals surface area contributed by atoms with Gasteiger partial charge in [0.25, 0.3) is 0 Å². The summed E-state index contributed by atoms with van der Waals surface area (Å²) in [6, 6.07) is 0.0798. The van der Waals surface area contributed by atoms with E-state index < -0.39 is 0 Å². The van der Waals surface area contributed by atoms with Gasteiger partial charge >= 0.3 is 0 Å². The van der Waals surface area contributed by atoms with Crippen molar-refractivity contribution >= 4 is 11.9 Å². The average Bonchev–Trinajstić information content (AvgIpc) is 3.09. The van der Waals surface area contributed by atoms with E-state index in [1.54, 1.807) is 4.90 Å². The molecule has 0 aromatic heterocycles. The first-order valence-corrected chi connectivity index (χ1v) is 10.8. The maximum absolute atomic E-state index is 12.3. The number of hydrogen-bond acceptors (Lipinski definition) is 3. The smallest absolute Gasteiger partial charge is 0.239 e. The molecule has 1 N–H and O–H groups in total. The second-order valence-electron chi connectivity index (χ2n) is 8.84. The molecule has 0 spiro atoms. The van der Waals surface area contributed by atoms with Crippen molar-refractivity contribution in [2.45, 2.75) is 64.8 Å². The van der Waals surface area contributed by atoms with E-state index in [-0.39, 0.29) is 11.9 Å². The molecular weight excluding hydrogens is 338 g/mol. The fourth-order valence-electron chi connectivity index (χ4n) is 4.79. The van der Waals surface area contributed by atoms with Crippen LogP contribution >= 0.6 is 0 Å². The normalized spacial score (nSPS) is 27.1. The monoisotopic (exact) mass is 379 g/mol. The maximum Gasteiger partial charge on any atom is 0.239 e. The van der Waals surface area contributed by atoms with Gasteiger partial charge in [-0.15, -0.1) is 0 Å². The van der Waals surface area contributed by atoms with Crippen molar-refractivity contribution in [3.8, 4) is 0 Å². The number of hydrogen-bond donors (Lipinski definition) is 1. The highest BCUT2D eigenvalue weighted by molar-refractivity contribution is 5.81. The lowest BCUT2D eigenvalue weighted by atomic mass is 9.78. The fourth-order valence-corrected chi connectivity index (χ4v) is 4.79. The van der Waals surface area contributed by atoms with E-state index in [1.807, 2.05) is 21.1 Å². The van der Waals surface area contributed by atoms with Gasteiger partial charge in [0.2, 0.25) is 5.91 Å². The Morgan fingerprint density at radius 2 is 2.07 bits per heavy atom. The molecule has 1 amide bonds. The minimum Gasteiger partial charge on any atom is -0.356 e. The molecule has 0 bridgehead atoms. The van der Waals surface area contributed by atoms with Gasteiger partial charge in [-0.1, -0.05) is 20.3 Å². The molecule has 2 aliphatic rings. The zero-order valence-electron chi connectivity index (χ0n) is 18.3. The number of rotatable bonds is 7. The molecule has 2 fully saturated rings. The van der Waals surface area contributed by atoms with Crippen molar-refractivity contribution in [1.29, 1.82) is 0 Å². The van der Waals surface area contributed by atoms with E-state index in [0.29, 0.717) is 5.41 Å². The molecule has 2 saturated heterocycles. The van der Waals surface area contributed by atoms with E-state index >= 15 is 0 Å². The predicted molar refractivity (Wildman–Crippen MR) is 113 cm³/mol. The van der Waals surface area contributed by atoms with Crippen LogP contribution in [-0.4, -0.2) is 86.5 Å². The number of guanidine groups is 1. The predicted octanol–water partition coefficient (Wildman–Crippen LogP) is 2.41. The molecule has 156 valence electrons. The molecule has 6 nitrogen and oxygen atoms in total. The van der Waals surface area contributed by atoms with Gasteiger partial charge in [-0.2, -0.15) is 0 Å². The van der Waals surface area contributed by atoms with Gasteiger partial charge < -0.3 is 15.1 Å². The van der Waals surface area contributed by atoms with Crippen LogP contribution in [0.2, 0.25) is 0 Å². The number of carbonyl (C=O) groups is 1. The lowest BCUT2D eigenvalue weighted by molar-refractivity contribution is -0.133. The van der Waals surface area contributed by atoms with Crippen molar-refractivity contribution < 1.29 is 4.79 Å². The number of likely N-dealkylation sites (tertiary alicyclic amines) is 2. The number of likely N-dealkylation sites (N-methyl/N-ethyl adjacent to an activating group) is 1. The Balaban J connectivity index is 1.77. The largest absolute Gasteiger partial charge is 0.356 e. The van der Waals surface area contributed by atoms with Gasteiger partial charge in [0.1, 0.15) is 0 Å². The van der Waals surface area contributed by atoms with Crippen LogP contribution in [0.4, 0.5) is 0 Å². The van der Waals surface area contributed by atoms with E-state index in [1.165, 1.54) is 25.7 Å². The van der Waals surface area contributed by atoms with Crippen LogP contribution in [0.5, 0.6) is 0 Å². The summed E-state index contributed by atoms with van der Waals surface area (Å²) in [4.78, 5) is 23.4. The number of nitrogens with one attached hydrogen (secondary N) is 1. The minimum absolute atomic E-state index is 0.0798. The summed E-state index contributed by atoms with van der Waals surface area (Å²) in [5, 5.41) is 3.56. The Morgan fingerprint density at radius 1 is 1.30 bits per heavy atom. The Morgan fingerprint density at radius 3 is 2.74 bits per heavy atom. The first kappa shape index (κ1) is 22.0. The first-order chi connectivity index (χ1) is 12.9. The van der Waals surface area contributed by atoms with Gasteiger partial charge in [0.05, 0.1) is 6.04 Å². The highest BCUT2D eigenvalue weighted by atomic mass is 16.2. The summed E-state index contributed by atoms with van der Waals surface area (Å²) in [6.45, 7) is 9.83. The van der Waals surface area contributed by atoms with Gasteiger partial charge in [0.15, 0.2) is 5.96 Å². The molecular formula is C21H41N5O. The Hall–Kier alpha value is -1.30. The molecule has 6 heteroatoms. The lowest BCUT2D eigenvalue weighted by Gasteiger charge is -2.42. The molecule has 2 aliphatic heterocycles. The Labute approximate surface area is 166 Å². The Bertz CT molecular complexity index is 503. The van der Waals surface area contributed by atoms with Crippen molar-refractivity contribution in [1.82, 2.24) is 20.0 Å². The molecule has 2 unspecified atom stereocenters. The lowest BCUT2D eigenvalue weighted by Crippen LogP contribution is -2.50. The zero-order chi connectivity index (χ0) is 19.9. The summed E-state index contributed by atoms with van der Waals surface area (Å²) in [5.41, 5.74) is 0.417. The van der Waals surface area contributed by atoms with Gasteiger partial charge in [-0.05, 0) is 50.5 Å². The van der Waals surface area contributed by atoms with Crippen molar-refractivity contribution in [2.75, 3.05) is 53.9 Å². The van der Waals surface area contributed by atoms with Crippen LogP contribution in [-0.2, 0) is 4.79 Å². The number of aliphatic imine (C=N–C) groups is 1. The highest BCUT2D eigenvalue weighted by Crippen LogP contribution is 2.33. The number of carbonyl (C=O) groups excluding carboxylic acids is 1. The topological polar surface area (TPSA) is 51.2 Å². The van der Waals surface area contributed by atoms with E-state index in [4.69, 9.17) is 0 Å². The van der Waals surface area contributed by atoms with Gasteiger partial charge in [-0.25, -0.2) is 0 Å². The third kappa shape index (κ3) is 6.09. The van der Waals surface area contributed by atoms with Crippen LogP contribution < -0.4 is 5.32 Å². The molecule has 2 rings (SSSR count). The number of nitrogens with zero attached hydrogens (tertiary/aromatic N) is 4. The first-order valence-electron chi connectivity index (χ1n) is 10.8. The third-order valence-corrected chi connectivity index (χ3v) is 6.14. The highest BCUT2D eigenvalue weighted by Gasteiger charge is 2.32. The van der Waals surface area contributed by atoms with Crippen LogP contribution in [0.25, 0.3) is 0 Å². The summed E-state index contributed by atoms with van der Waals surface area (Å²) in [7, 11) is 5.60. The maximum atomic E-state index is 12.3. The summed E-state index contributed by atoms with van der Waals surface area (Å²) >= 11 is 0. The zero-order valence-corrected chi connectivity index (χ0v) is 18.3. The molecule has 0 aromatic rings. The quantitative estimate of drug-likeness (QED) is 0.419. The second-order valence-corrected chi connectivity index (χ2v) is 8.84. The van der Waals surface area contributed by atoms with Crippen molar-refractivity contribution in [3.05, 3.63) is 0 Å². The van der Waals surface area contributed by atoms with Gasteiger partial charge in [0, 0.05) is 47.3 Å². The molecule has 27 heavy (non-hydrogen) atoms. The molecule has 2 atom stereocenters. The van der Waals surface area contributed by atoms with Crippen LogP contribution in [0, 0.1) is 5.41 Å². The van der Waals surface area contributed by atoms with Crippen LogP contribution in [0.1, 0.15) is 58.8 Å². The van der Waals surface area contributed by atoms with Crippen molar-refractivity contribution in [2.24, 2.45) is 10.4 Å². The van der Waals surface area contributed by atoms with E-state index in [9.17, 15) is 4.79 Å². The number of amides is 1. The number of piperidine rings is 1. The minimum atomic E-state index is 0.0798. The summed E-state index contributed by atoms with van der Waals surface area (Å²) < 4.78 is 0. The molecule has 0 aliphatic carbocycles. The van der Waals surface area contributed by atoms with Gasteiger partial charge in [-0.3, -0.25) is 14.7 Å². The molecule has 0 saturated carbocycles. The van der Waals surface area contributed by atoms with Crippen LogP contribution in [0.15, 0.2) is 4.99 Å². The van der Waals surface area contributed by atoms with E-state index in [2.05, 4.69) is 34.0 Å². The third-order valence-electron chi connectivity index (χ3n) is 6.14. The summed E-state index contributed by atoms with van der Waals surface area (Å²) in [6.07, 6.45) is 8.27. The van der Waals surface area contributed by atoms with Crippen molar-refractivity contribution in [3.63, 3.8) is 0 Å². The molecule has 0 aromatic carbocycles. The molecule has 0 radical (unpaired) electrons.